The third-order valence-corrected chi connectivity index (χ3v) is 4.62. The van der Waals surface area contributed by atoms with Crippen LogP contribution in [0.25, 0.3) is 16.6 Å². The van der Waals surface area contributed by atoms with Gasteiger partial charge in [0.05, 0.1) is 5.69 Å². The maximum atomic E-state index is 12.5. The van der Waals surface area contributed by atoms with Crippen LogP contribution in [0.2, 0.25) is 5.02 Å². The predicted octanol–water partition coefficient (Wildman–Crippen LogP) is 3.08. The molecule has 0 unspecified atom stereocenters. The zero-order valence-electron chi connectivity index (χ0n) is 14.6. The topological polar surface area (TPSA) is 88.5 Å². The van der Waals surface area contributed by atoms with Crippen LogP contribution in [-0.4, -0.2) is 37.6 Å². The van der Waals surface area contributed by atoms with Crippen LogP contribution in [0.1, 0.15) is 21.7 Å². The van der Waals surface area contributed by atoms with E-state index in [0.717, 1.165) is 22.2 Å². The number of rotatable bonds is 5. The maximum absolute atomic E-state index is 12.5. The molecule has 0 radical (unpaired) electrons. The van der Waals surface area contributed by atoms with Crippen LogP contribution in [0.5, 0.6) is 0 Å². The fourth-order valence-electron chi connectivity index (χ4n) is 3.02. The summed E-state index contributed by atoms with van der Waals surface area (Å²) in [6.45, 7) is 2.33. The van der Waals surface area contributed by atoms with Crippen molar-refractivity contribution < 1.29 is 4.79 Å². The summed E-state index contributed by atoms with van der Waals surface area (Å²) in [6.07, 6.45) is 2.66. The molecule has 4 rings (SSSR count). The summed E-state index contributed by atoms with van der Waals surface area (Å²) in [6, 6.07) is 12.9. The number of amides is 1. The number of aryl methyl sites for hydroxylation is 1. The van der Waals surface area contributed by atoms with Crippen molar-refractivity contribution in [2.45, 2.75) is 13.3 Å². The molecule has 27 heavy (non-hydrogen) atoms. The van der Waals surface area contributed by atoms with Gasteiger partial charge in [0.15, 0.2) is 5.82 Å². The second-order valence-electron chi connectivity index (χ2n) is 6.20. The van der Waals surface area contributed by atoms with E-state index in [1.165, 1.54) is 0 Å². The highest BCUT2D eigenvalue weighted by molar-refractivity contribution is 6.31. The van der Waals surface area contributed by atoms with Crippen LogP contribution in [0.15, 0.2) is 48.7 Å². The number of tetrazole rings is 1. The smallest absolute Gasteiger partial charge is 0.251 e. The number of hydrogen-bond donors (Lipinski definition) is 2. The number of nitrogens with one attached hydrogen (secondary N) is 2. The Morgan fingerprint density at radius 2 is 2.15 bits per heavy atom. The number of hydrogen-bond acceptors (Lipinski definition) is 4. The Labute approximate surface area is 160 Å². The molecule has 0 bridgehead atoms. The predicted molar refractivity (Wildman–Crippen MR) is 103 cm³/mol. The molecule has 0 spiro atoms. The van der Waals surface area contributed by atoms with Gasteiger partial charge in [-0.05, 0) is 65.7 Å². The Balaban J connectivity index is 1.44. The standard InChI is InChI=1S/C19H17ClN6O/c1-12-23-24-25-26(12)16-4-2-3-13(9-16)19(27)21-8-7-14-11-22-18-6-5-15(20)10-17(14)18/h2-6,9-11,22H,7-8H2,1H3,(H,21,27). The molecule has 0 saturated heterocycles. The molecule has 0 aliphatic heterocycles. The highest BCUT2D eigenvalue weighted by Gasteiger charge is 2.10. The minimum Gasteiger partial charge on any atom is -0.361 e. The Hall–Kier alpha value is -3.19. The minimum absolute atomic E-state index is 0.138. The van der Waals surface area contributed by atoms with Crippen molar-refractivity contribution in [2.75, 3.05) is 6.54 Å². The molecular weight excluding hydrogens is 364 g/mol. The summed E-state index contributed by atoms with van der Waals surface area (Å²) < 4.78 is 1.59. The highest BCUT2D eigenvalue weighted by Crippen LogP contribution is 2.22. The van der Waals surface area contributed by atoms with E-state index < -0.39 is 0 Å². The maximum Gasteiger partial charge on any atom is 0.251 e. The summed E-state index contributed by atoms with van der Waals surface area (Å²) in [4.78, 5) is 15.7. The molecule has 0 atom stereocenters. The van der Waals surface area contributed by atoms with Gasteiger partial charge < -0.3 is 10.3 Å². The quantitative estimate of drug-likeness (QED) is 0.557. The lowest BCUT2D eigenvalue weighted by Crippen LogP contribution is -2.25. The molecule has 1 amide bonds. The van der Waals surface area contributed by atoms with E-state index in [1.807, 2.05) is 36.5 Å². The molecule has 0 saturated carbocycles. The van der Waals surface area contributed by atoms with Crippen LogP contribution in [0.3, 0.4) is 0 Å². The van der Waals surface area contributed by atoms with Crippen LogP contribution in [0, 0.1) is 6.92 Å². The number of carbonyl (C=O) groups excluding carboxylic acids is 1. The largest absolute Gasteiger partial charge is 0.361 e. The number of carbonyl (C=O) groups is 1. The summed E-state index contributed by atoms with van der Waals surface area (Å²) >= 11 is 6.08. The number of nitrogens with zero attached hydrogens (tertiary/aromatic N) is 4. The fraction of sp³-hybridized carbons (Fsp3) is 0.158. The average molecular weight is 381 g/mol. The van der Waals surface area contributed by atoms with Gasteiger partial charge in [-0.3, -0.25) is 4.79 Å². The number of halogens is 1. The van der Waals surface area contributed by atoms with Crippen molar-refractivity contribution in [3.05, 3.63) is 70.6 Å². The minimum atomic E-state index is -0.138. The Kier molecular flexibility index (Phi) is 4.60. The fourth-order valence-corrected chi connectivity index (χ4v) is 3.19. The van der Waals surface area contributed by atoms with Crippen LogP contribution in [-0.2, 0) is 6.42 Å². The summed E-state index contributed by atoms with van der Waals surface area (Å²) in [5.41, 5.74) is 3.46. The first-order valence-corrected chi connectivity index (χ1v) is 8.89. The zero-order chi connectivity index (χ0) is 18.8. The summed E-state index contributed by atoms with van der Waals surface area (Å²) in [5.74, 6) is 0.519. The van der Waals surface area contributed by atoms with E-state index in [-0.39, 0.29) is 5.91 Å². The molecule has 2 N–H and O–H groups in total. The van der Waals surface area contributed by atoms with E-state index in [0.29, 0.717) is 29.4 Å². The molecule has 136 valence electrons. The van der Waals surface area contributed by atoms with Crippen molar-refractivity contribution in [1.29, 1.82) is 0 Å². The summed E-state index contributed by atoms with van der Waals surface area (Å²) in [5, 5.41) is 16.2. The third kappa shape index (κ3) is 3.54. The van der Waals surface area contributed by atoms with E-state index >= 15 is 0 Å². The Morgan fingerprint density at radius 3 is 2.96 bits per heavy atom. The van der Waals surface area contributed by atoms with Gasteiger partial charge in [-0.2, -0.15) is 4.68 Å². The van der Waals surface area contributed by atoms with Crippen molar-refractivity contribution in [3.63, 3.8) is 0 Å². The van der Waals surface area contributed by atoms with E-state index in [9.17, 15) is 4.79 Å². The molecule has 0 aliphatic rings. The first-order chi connectivity index (χ1) is 13.1. The SMILES string of the molecule is Cc1nnnn1-c1cccc(C(=O)NCCc2c[nH]c3ccc(Cl)cc23)c1. The molecular formula is C19H17ClN6O. The van der Waals surface area contributed by atoms with Crippen molar-refractivity contribution in [2.24, 2.45) is 0 Å². The van der Waals surface area contributed by atoms with Gasteiger partial charge in [-0.1, -0.05) is 17.7 Å². The van der Waals surface area contributed by atoms with Crippen molar-refractivity contribution in [1.82, 2.24) is 30.5 Å². The molecule has 0 fully saturated rings. The van der Waals surface area contributed by atoms with Gasteiger partial charge in [0, 0.05) is 34.2 Å². The second-order valence-corrected chi connectivity index (χ2v) is 6.63. The van der Waals surface area contributed by atoms with Crippen molar-refractivity contribution >= 4 is 28.4 Å². The van der Waals surface area contributed by atoms with Crippen LogP contribution < -0.4 is 5.32 Å². The van der Waals surface area contributed by atoms with Gasteiger partial charge in [0.2, 0.25) is 0 Å². The highest BCUT2D eigenvalue weighted by atomic mass is 35.5. The lowest BCUT2D eigenvalue weighted by Gasteiger charge is -2.07. The number of aromatic amines is 1. The third-order valence-electron chi connectivity index (χ3n) is 4.39. The number of fused-ring (bicyclic) bond motifs is 1. The molecule has 7 nitrogen and oxygen atoms in total. The van der Waals surface area contributed by atoms with Gasteiger partial charge in [-0.25, -0.2) is 0 Å². The monoisotopic (exact) mass is 380 g/mol. The van der Waals surface area contributed by atoms with Gasteiger partial charge in [0.25, 0.3) is 5.91 Å². The van der Waals surface area contributed by atoms with Crippen LogP contribution >= 0.6 is 11.6 Å². The van der Waals surface area contributed by atoms with Gasteiger partial charge >= 0.3 is 0 Å². The molecule has 4 aromatic rings. The lowest BCUT2D eigenvalue weighted by molar-refractivity contribution is 0.0954. The van der Waals surface area contributed by atoms with Crippen molar-refractivity contribution in [3.8, 4) is 5.69 Å². The van der Waals surface area contributed by atoms with Crippen LogP contribution in [0.4, 0.5) is 0 Å². The molecule has 0 aliphatic carbocycles. The summed E-state index contributed by atoms with van der Waals surface area (Å²) in [7, 11) is 0. The molecule has 2 aromatic heterocycles. The average Bonchev–Trinajstić information content (AvgIpc) is 3.28. The molecule has 2 aromatic carbocycles. The van der Waals surface area contributed by atoms with Gasteiger partial charge in [-0.15, -0.1) is 5.10 Å². The molecule has 2 heterocycles. The Bertz CT molecular complexity index is 1120. The van der Waals surface area contributed by atoms with E-state index in [4.69, 9.17) is 11.6 Å². The number of H-pyrrole nitrogens is 1. The van der Waals surface area contributed by atoms with E-state index in [2.05, 4.69) is 25.8 Å². The first-order valence-electron chi connectivity index (χ1n) is 8.51. The second kappa shape index (κ2) is 7.20. The lowest BCUT2D eigenvalue weighted by atomic mass is 10.1. The molecule has 8 heteroatoms. The van der Waals surface area contributed by atoms with Gasteiger partial charge in [0.1, 0.15) is 0 Å². The normalized spacial score (nSPS) is 11.0. The van der Waals surface area contributed by atoms with E-state index in [1.54, 1.807) is 23.7 Å². The first kappa shape index (κ1) is 17.2. The zero-order valence-corrected chi connectivity index (χ0v) is 15.4. The Morgan fingerprint density at radius 1 is 1.26 bits per heavy atom. The number of aromatic nitrogens is 5. The number of benzene rings is 2.